The quantitative estimate of drug-likeness (QED) is 0.844. The smallest absolute Gasteiger partial charge is 0.224 e. The van der Waals surface area contributed by atoms with Gasteiger partial charge in [0.15, 0.2) is 0 Å². The van der Waals surface area contributed by atoms with Crippen molar-refractivity contribution in [2.75, 3.05) is 25.5 Å². The molecule has 1 aliphatic rings. The van der Waals surface area contributed by atoms with Crippen LogP contribution in [-0.4, -0.2) is 26.1 Å². The molecule has 1 saturated heterocycles. The summed E-state index contributed by atoms with van der Waals surface area (Å²) in [4.78, 5) is 11.9. The van der Waals surface area contributed by atoms with E-state index >= 15 is 0 Å². The first-order valence-corrected chi connectivity index (χ1v) is 7.32. The Labute approximate surface area is 134 Å². The summed E-state index contributed by atoms with van der Waals surface area (Å²) in [5, 5.41) is 6.24. The second-order valence-electron chi connectivity index (χ2n) is 4.79. The zero-order chi connectivity index (χ0) is 13.7. The van der Waals surface area contributed by atoms with Crippen molar-refractivity contribution in [3.8, 4) is 5.75 Å². The van der Waals surface area contributed by atoms with Gasteiger partial charge in [-0.15, -0.1) is 12.4 Å². The third-order valence-electron chi connectivity index (χ3n) is 3.39. The summed E-state index contributed by atoms with van der Waals surface area (Å²) in [6.45, 7) is 2.11. The van der Waals surface area contributed by atoms with Gasteiger partial charge in [0, 0.05) is 17.0 Å². The second-order valence-corrected chi connectivity index (χ2v) is 5.65. The number of ether oxygens (including phenoxy) is 1. The van der Waals surface area contributed by atoms with Crippen molar-refractivity contribution in [1.82, 2.24) is 5.32 Å². The molecule has 0 aliphatic carbocycles. The van der Waals surface area contributed by atoms with Gasteiger partial charge >= 0.3 is 0 Å². The van der Waals surface area contributed by atoms with Crippen LogP contribution in [0.4, 0.5) is 5.69 Å². The normalized spacial score (nSPS) is 17.4. The molecule has 1 aromatic carbocycles. The molecule has 0 bridgehead atoms. The summed E-state index contributed by atoms with van der Waals surface area (Å²) in [7, 11) is 1.61. The second kappa shape index (κ2) is 8.49. The Balaban J connectivity index is 0.00000200. The van der Waals surface area contributed by atoms with Crippen LogP contribution in [0.3, 0.4) is 0 Å². The van der Waals surface area contributed by atoms with E-state index in [9.17, 15) is 4.79 Å². The van der Waals surface area contributed by atoms with Gasteiger partial charge in [0.2, 0.25) is 5.91 Å². The number of anilines is 1. The van der Waals surface area contributed by atoms with Crippen molar-refractivity contribution < 1.29 is 9.53 Å². The Kier molecular flexibility index (Phi) is 7.34. The number of hydrogen-bond donors (Lipinski definition) is 2. The Morgan fingerprint density at radius 2 is 2.35 bits per heavy atom. The van der Waals surface area contributed by atoms with E-state index in [4.69, 9.17) is 4.74 Å². The van der Waals surface area contributed by atoms with Gasteiger partial charge in [-0.05, 0) is 59.9 Å². The van der Waals surface area contributed by atoms with Crippen LogP contribution in [0.15, 0.2) is 22.7 Å². The molecule has 6 heteroatoms. The maximum absolute atomic E-state index is 11.9. The fourth-order valence-corrected chi connectivity index (χ4v) is 2.58. The lowest BCUT2D eigenvalue weighted by Crippen LogP contribution is -2.15. The molecular formula is C14H20BrClN2O2. The SMILES string of the molecule is COc1ccc(Br)c(NC(=O)CCC2CCNC2)c1.Cl. The summed E-state index contributed by atoms with van der Waals surface area (Å²) in [6.07, 6.45) is 2.69. The molecule has 2 N–H and O–H groups in total. The molecule has 1 amide bonds. The van der Waals surface area contributed by atoms with Crippen molar-refractivity contribution in [3.63, 3.8) is 0 Å². The molecule has 1 unspecified atom stereocenters. The third kappa shape index (κ3) is 4.96. The highest BCUT2D eigenvalue weighted by Crippen LogP contribution is 2.27. The van der Waals surface area contributed by atoms with Crippen molar-refractivity contribution in [2.45, 2.75) is 19.3 Å². The molecule has 4 nitrogen and oxygen atoms in total. The average molecular weight is 364 g/mol. The predicted molar refractivity (Wildman–Crippen MR) is 86.8 cm³/mol. The summed E-state index contributed by atoms with van der Waals surface area (Å²) in [5.74, 6) is 1.43. The Morgan fingerprint density at radius 3 is 3.00 bits per heavy atom. The molecule has 1 atom stereocenters. The number of carbonyl (C=O) groups is 1. The summed E-state index contributed by atoms with van der Waals surface area (Å²) in [6, 6.07) is 5.54. The first-order valence-electron chi connectivity index (χ1n) is 6.53. The molecule has 1 aromatic rings. The van der Waals surface area contributed by atoms with Crippen molar-refractivity contribution in [1.29, 1.82) is 0 Å². The van der Waals surface area contributed by atoms with E-state index in [0.717, 1.165) is 35.4 Å². The van der Waals surface area contributed by atoms with Crippen LogP contribution in [-0.2, 0) is 4.79 Å². The van der Waals surface area contributed by atoms with Gasteiger partial charge in [0.25, 0.3) is 0 Å². The molecule has 1 heterocycles. The van der Waals surface area contributed by atoms with E-state index in [2.05, 4.69) is 26.6 Å². The van der Waals surface area contributed by atoms with E-state index in [0.29, 0.717) is 12.3 Å². The molecule has 2 rings (SSSR count). The molecule has 1 aliphatic heterocycles. The standard InChI is InChI=1S/C14H19BrN2O2.ClH/c1-19-11-3-4-12(15)13(8-11)17-14(18)5-2-10-6-7-16-9-10;/h3-4,8,10,16H,2,5-7,9H2,1H3,(H,17,18);1H. The van der Waals surface area contributed by atoms with E-state index < -0.39 is 0 Å². The number of benzene rings is 1. The summed E-state index contributed by atoms with van der Waals surface area (Å²) in [5.41, 5.74) is 0.758. The van der Waals surface area contributed by atoms with E-state index in [1.54, 1.807) is 7.11 Å². The minimum Gasteiger partial charge on any atom is -0.497 e. The minimum absolute atomic E-state index is 0. The molecule has 0 aromatic heterocycles. The highest BCUT2D eigenvalue weighted by atomic mass is 79.9. The van der Waals surface area contributed by atoms with Crippen molar-refractivity contribution in [3.05, 3.63) is 22.7 Å². The van der Waals surface area contributed by atoms with Crippen LogP contribution in [0.5, 0.6) is 5.75 Å². The molecule has 112 valence electrons. The van der Waals surface area contributed by atoms with Gasteiger partial charge in [-0.25, -0.2) is 0 Å². The molecule has 1 fully saturated rings. The largest absolute Gasteiger partial charge is 0.497 e. The number of carbonyl (C=O) groups excluding carboxylic acids is 1. The maximum atomic E-state index is 11.9. The fraction of sp³-hybridized carbons (Fsp3) is 0.500. The summed E-state index contributed by atoms with van der Waals surface area (Å²) >= 11 is 3.43. The minimum atomic E-state index is 0. The average Bonchev–Trinajstić information content (AvgIpc) is 2.92. The van der Waals surface area contributed by atoms with Crippen LogP contribution in [0.1, 0.15) is 19.3 Å². The highest BCUT2D eigenvalue weighted by Gasteiger charge is 2.16. The number of methoxy groups -OCH3 is 1. The van der Waals surface area contributed by atoms with Gasteiger partial charge < -0.3 is 15.4 Å². The Bertz CT molecular complexity index is 451. The number of nitrogens with one attached hydrogen (secondary N) is 2. The molecule has 0 radical (unpaired) electrons. The van der Waals surface area contributed by atoms with E-state index in [1.807, 2.05) is 18.2 Å². The van der Waals surface area contributed by atoms with Crippen LogP contribution in [0, 0.1) is 5.92 Å². The van der Waals surface area contributed by atoms with E-state index in [-0.39, 0.29) is 18.3 Å². The van der Waals surface area contributed by atoms with Gasteiger partial charge in [0.1, 0.15) is 5.75 Å². The van der Waals surface area contributed by atoms with Crippen LogP contribution < -0.4 is 15.4 Å². The molecule has 20 heavy (non-hydrogen) atoms. The van der Waals surface area contributed by atoms with Crippen molar-refractivity contribution in [2.24, 2.45) is 5.92 Å². The van der Waals surface area contributed by atoms with Gasteiger partial charge in [0.05, 0.1) is 12.8 Å². The predicted octanol–water partition coefficient (Wildman–Crippen LogP) is 3.21. The first kappa shape index (κ1) is 17.3. The number of hydrogen-bond acceptors (Lipinski definition) is 3. The van der Waals surface area contributed by atoms with Crippen molar-refractivity contribution >= 4 is 39.9 Å². The lowest BCUT2D eigenvalue weighted by Gasteiger charge is -2.11. The lowest BCUT2D eigenvalue weighted by molar-refractivity contribution is -0.116. The highest BCUT2D eigenvalue weighted by molar-refractivity contribution is 9.10. The third-order valence-corrected chi connectivity index (χ3v) is 4.08. The Hall–Kier alpha value is -0.780. The van der Waals surface area contributed by atoms with Gasteiger partial charge in [-0.3, -0.25) is 4.79 Å². The summed E-state index contributed by atoms with van der Waals surface area (Å²) < 4.78 is 6.02. The lowest BCUT2D eigenvalue weighted by atomic mass is 10.0. The van der Waals surface area contributed by atoms with Crippen LogP contribution in [0.25, 0.3) is 0 Å². The fourth-order valence-electron chi connectivity index (χ4n) is 2.24. The monoisotopic (exact) mass is 362 g/mol. The molecular weight excluding hydrogens is 344 g/mol. The Morgan fingerprint density at radius 1 is 1.55 bits per heavy atom. The molecule has 0 spiro atoms. The molecule has 0 saturated carbocycles. The first-order chi connectivity index (χ1) is 9.19. The van der Waals surface area contributed by atoms with E-state index in [1.165, 1.54) is 6.42 Å². The van der Waals surface area contributed by atoms with Crippen LogP contribution in [0.2, 0.25) is 0 Å². The van der Waals surface area contributed by atoms with Gasteiger partial charge in [-0.2, -0.15) is 0 Å². The maximum Gasteiger partial charge on any atom is 0.224 e. The van der Waals surface area contributed by atoms with Crippen LogP contribution >= 0.6 is 28.3 Å². The number of rotatable bonds is 5. The van der Waals surface area contributed by atoms with Gasteiger partial charge in [-0.1, -0.05) is 0 Å². The zero-order valence-electron chi connectivity index (χ0n) is 11.4. The topological polar surface area (TPSA) is 50.4 Å². The number of amides is 1. The zero-order valence-corrected chi connectivity index (χ0v) is 13.9. The number of halogens is 2.